The van der Waals surface area contributed by atoms with Crippen LogP contribution in [0.25, 0.3) is 0 Å². The Bertz CT molecular complexity index is 1150. The topological polar surface area (TPSA) is 37.4 Å². The number of alkyl halides is 2. The van der Waals surface area contributed by atoms with Gasteiger partial charge in [0.25, 0.3) is 0 Å². The first-order chi connectivity index (χ1) is 14.4. The number of nitrogens with zero attached hydrogens (tertiary/aromatic N) is 1. The number of rotatable bonds is 1. The van der Waals surface area contributed by atoms with Crippen LogP contribution in [-0.2, 0) is 18.2 Å². The van der Waals surface area contributed by atoms with E-state index in [1.165, 1.54) is 4.90 Å². The van der Waals surface area contributed by atoms with E-state index in [1.54, 1.807) is 0 Å². The van der Waals surface area contributed by atoms with Crippen LogP contribution in [0.1, 0.15) is 22.3 Å². The Morgan fingerprint density at radius 1 is 0.667 bits per heavy atom. The SMILES string of the molecule is O=C1[C@@H]2[C@@H](C(=O)N1c1ccccc1I)C1(Br)c3ccccc3C2(Br)c2ccccc21. The van der Waals surface area contributed by atoms with E-state index in [9.17, 15) is 9.59 Å². The lowest BCUT2D eigenvalue weighted by molar-refractivity contribution is -0.122. The summed E-state index contributed by atoms with van der Waals surface area (Å²) in [5.41, 5.74) is 4.85. The van der Waals surface area contributed by atoms with Crippen LogP contribution in [0.3, 0.4) is 0 Å². The van der Waals surface area contributed by atoms with E-state index < -0.39 is 20.5 Å². The Balaban J connectivity index is 1.68. The molecule has 0 unspecified atom stereocenters. The lowest BCUT2D eigenvalue weighted by Crippen LogP contribution is -2.56. The van der Waals surface area contributed by atoms with Crippen molar-refractivity contribution in [2.45, 2.75) is 8.65 Å². The minimum atomic E-state index is -0.748. The summed E-state index contributed by atoms with van der Waals surface area (Å²) >= 11 is 10.2. The monoisotopic (exact) mass is 633 g/mol. The van der Waals surface area contributed by atoms with E-state index in [2.05, 4.69) is 78.7 Å². The van der Waals surface area contributed by atoms with Crippen molar-refractivity contribution in [2.24, 2.45) is 11.8 Å². The molecular formula is C24H14Br2INO2. The van der Waals surface area contributed by atoms with Gasteiger partial charge in [0, 0.05) is 3.57 Å². The summed E-state index contributed by atoms with van der Waals surface area (Å²) in [7, 11) is 0. The summed E-state index contributed by atoms with van der Waals surface area (Å²) in [5.74, 6) is -1.38. The van der Waals surface area contributed by atoms with Crippen LogP contribution in [0.5, 0.6) is 0 Å². The Labute approximate surface area is 204 Å². The number of imide groups is 1. The minimum absolute atomic E-state index is 0.154. The summed E-state index contributed by atoms with van der Waals surface area (Å²) < 4.78 is -0.616. The Kier molecular flexibility index (Phi) is 4.01. The number of para-hydroxylation sites is 1. The zero-order valence-electron chi connectivity index (χ0n) is 15.5. The van der Waals surface area contributed by atoms with E-state index in [4.69, 9.17) is 0 Å². The van der Waals surface area contributed by atoms with Crippen LogP contribution in [0, 0.1) is 15.4 Å². The smallest absolute Gasteiger partial charge is 0.239 e. The van der Waals surface area contributed by atoms with Crippen LogP contribution >= 0.6 is 54.5 Å². The minimum Gasteiger partial charge on any atom is -0.274 e. The van der Waals surface area contributed by atoms with Crippen molar-refractivity contribution in [2.75, 3.05) is 4.90 Å². The van der Waals surface area contributed by atoms with Crippen molar-refractivity contribution in [3.8, 4) is 0 Å². The average Bonchev–Trinajstić information content (AvgIpc) is 3.04. The zero-order valence-corrected chi connectivity index (χ0v) is 20.8. The number of anilines is 1. The third kappa shape index (κ3) is 2.06. The van der Waals surface area contributed by atoms with Gasteiger partial charge in [-0.2, -0.15) is 0 Å². The van der Waals surface area contributed by atoms with Crippen molar-refractivity contribution in [1.29, 1.82) is 0 Å². The number of benzene rings is 3. The van der Waals surface area contributed by atoms with Crippen LogP contribution < -0.4 is 4.90 Å². The molecule has 1 heterocycles. The summed E-state index contributed by atoms with van der Waals surface area (Å²) in [6, 6.07) is 23.8. The van der Waals surface area contributed by atoms with E-state index in [0.29, 0.717) is 5.69 Å². The first-order valence-electron chi connectivity index (χ1n) is 9.62. The second-order valence-electron chi connectivity index (χ2n) is 7.93. The number of hydrogen-bond donors (Lipinski definition) is 0. The number of hydrogen-bond acceptors (Lipinski definition) is 2. The van der Waals surface area contributed by atoms with E-state index >= 15 is 0 Å². The standard InChI is InChI=1S/C24H14Br2INO2/c25-23-13-7-1-2-8-14(13)24(26,16-10-4-3-9-15(16)23)20-19(23)21(29)28(22(20)30)18-12-6-5-11-17(18)27/h1-12,19-20H/t19-,20-,23?,24?/m0/s1. The fraction of sp³-hybridized carbons (Fsp3) is 0.167. The van der Waals surface area contributed by atoms with Crippen molar-refractivity contribution in [1.82, 2.24) is 0 Å². The van der Waals surface area contributed by atoms with Crippen LogP contribution in [0.4, 0.5) is 5.69 Å². The van der Waals surface area contributed by atoms with Gasteiger partial charge in [0.05, 0.1) is 26.2 Å². The molecule has 2 amide bonds. The summed E-state index contributed by atoms with van der Waals surface area (Å²) in [6.07, 6.45) is 0. The number of carbonyl (C=O) groups is 2. The molecule has 1 aliphatic heterocycles. The van der Waals surface area contributed by atoms with Gasteiger partial charge >= 0.3 is 0 Å². The predicted molar refractivity (Wildman–Crippen MR) is 131 cm³/mol. The van der Waals surface area contributed by atoms with Gasteiger partial charge in [-0.15, -0.1) is 0 Å². The first-order valence-corrected chi connectivity index (χ1v) is 12.3. The average molecular weight is 635 g/mol. The molecule has 1 saturated heterocycles. The van der Waals surface area contributed by atoms with E-state index in [0.717, 1.165) is 25.8 Å². The highest BCUT2D eigenvalue weighted by Crippen LogP contribution is 2.70. The van der Waals surface area contributed by atoms with E-state index in [-0.39, 0.29) is 11.8 Å². The molecular weight excluding hydrogens is 621 g/mol. The van der Waals surface area contributed by atoms with Gasteiger partial charge in [-0.3, -0.25) is 9.59 Å². The lowest BCUT2D eigenvalue weighted by atomic mass is 9.54. The molecule has 0 spiro atoms. The van der Waals surface area contributed by atoms with Gasteiger partial charge in [0.15, 0.2) is 0 Å². The summed E-state index contributed by atoms with van der Waals surface area (Å²) in [4.78, 5) is 29.2. The number of carbonyl (C=O) groups excluding carboxylic acids is 2. The quantitative estimate of drug-likeness (QED) is 0.196. The molecule has 3 aromatic carbocycles. The highest BCUT2D eigenvalue weighted by molar-refractivity contribution is 14.1. The van der Waals surface area contributed by atoms with Gasteiger partial charge in [0.1, 0.15) is 0 Å². The molecule has 3 aromatic rings. The molecule has 0 radical (unpaired) electrons. The second-order valence-corrected chi connectivity index (χ2v) is 11.6. The highest BCUT2D eigenvalue weighted by atomic mass is 127. The van der Waals surface area contributed by atoms with Gasteiger partial charge in [-0.25, -0.2) is 4.90 Å². The second kappa shape index (κ2) is 6.26. The molecule has 4 aliphatic rings. The first kappa shape index (κ1) is 19.2. The fourth-order valence-electron chi connectivity index (χ4n) is 5.54. The maximum absolute atomic E-state index is 13.9. The zero-order chi connectivity index (χ0) is 20.8. The van der Waals surface area contributed by atoms with Crippen molar-refractivity contribution >= 4 is 72.0 Å². The normalized spacial score (nSPS) is 30.8. The summed E-state index contributed by atoms with van der Waals surface area (Å²) in [5, 5.41) is 0. The van der Waals surface area contributed by atoms with Gasteiger partial charge in [-0.1, -0.05) is 92.5 Å². The lowest BCUT2D eigenvalue weighted by Gasteiger charge is -2.55. The van der Waals surface area contributed by atoms with Crippen LogP contribution in [0.15, 0.2) is 72.8 Å². The Morgan fingerprint density at radius 3 is 1.43 bits per heavy atom. The number of halogens is 3. The van der Waals surface area contributed by atoms with Gasteiger partial charge < -0.3 is 0 Å². The highest BCUT2D eigenvalue weighted by Gasteiger charge is 2.72. The van der Waals surface area contributed by atoms with Gasteiger partial charge in [-0.05, 0) is 57.0 Å². The molecule has 2 bridgehead atoms. The Hall–Kier alpha value is -1.51. The predicted octanol–water partition coefficient (Wildman–Crippen LogP) is 5.70. The van der Waals surface area contributed by atoms with Crippen molar-refractivity contribution in [3.63, 3.8) is 0 Å². The molecule has 6 heteroatoms. The molecule has 3 nitrogen and oxygen atoms in total. The number of amides is 2. The Morgan fingerprint density at radius 2 is 1.03 bits per heavy atom. The third-order valence-corrected chi connectivity index (χ3v) is 10.3. The molecule has 1 fully saturated rings. The van der Waals surface area contributed by atoms with Crippen molar-refractivity contribution in [3.05, 3.63) is 98.6 Å². The molecule has 0 aromatic heterocycles. The van der Waals surface area contributed by atoms with Gasteiger partial charge in [0.2, 0.25) is 11.8 Å². The third-order valence-electron chi connectivity index (χ3n) is 6.68. The maximum atomic E-state index is 13.9. The molecule has 2 atom stereocenters. The molecule has 30 heavy (non-hydrogen) atoms. The summed E-state index contributed by atoms with van der Waals surface area (Å²) in [6.45, 7) is 0. The molecule has 0 N–H and O–H groups in total. The molecule has 0 saturated carbocycles. The van der Waals surface area contributed by atoms with Crippen molar-refractivity contribution < 1.29 is 9.59 Å². The molecule has 3 aliphatic carbocycles. The fourth-order valence-corrected chi connectivity index (χ4v) is 8.47. The molecule has 148 valence electrons. The largest absolute Gasteiger partial charge is 0.274 e. The van der Waals surface area contributed by atoms with Crippen LogP contribution in [-0.4, -0.2) is 11.8 Å². The van der Waals surface area contributed by atoms with Crippen LogP contribution in [0.2, 0.25) is 0 Å². The maximum Gasteiger partial charge on any atom is 0.239 e. The molecule has 7 rings (SSSR count). The van der Waals surface area contributed by atoms with E-state index in [1.807, 2.05) is 48.5 Å².